The largest absolute Gasteiger partial charge is 0.323 e. The van der Waals surface area contributed by atoms with E-state index in [9.17, 15) is 25.0 Å². The smallest absolute Gasteiger partial charge is 0.320 e. The van der Waals surface area contributed by atoms with Gasteiger partial charge in [0.25, 0.3) is 11.4 Å². The molecule has 28 heavy (non-hydrogen) atoms. The maximum Gasteiger partial charge on any atom is 0.320 e. The summed E-state index contributed by atoms with van der Waals surface area (Å²) in [6.07, 6.45) is 1.28. The Labute approximate surface area is 161 Å². The molecule has 1 fully saturated rings. The number of nitro groups is 2. The van der Waals surface area contributed by atoms with E-state index < -0.39 is 9.85 Å². The number of benzene rings is 2. The summed E-state index contributed by atoms with van der Waals surface area (Å²) in [5, 5.41) is 21.4. The minimum atomic E-state index is -0.434. The maximum atomic E-state index is 12.5. The molecule has 2 aromatic rings. The third-order valence-electron chi connectivity index (χ3n) is 4.82. The van der Waals surface area contributed by atoms with Crippen LogP contribution in [0.3, 0.4) is 0 Å². The monoisotopic (exact) mass is 384 g/mol. The van der Waals surface area contributed by atoms with Crippen LogP contribution >= 0.6 is 0 Å². The Bertz CT molecular complexity index is 795. The van der Waals surface area contributed by atoms with Crippen LogP contribution in [-0.2, 0) is 12.8 Å². The first-order valence-electron chi connectivity index (χ1n) is 8.94. The second-order valence-corrected chi connectivity index (χ2v) is 6.60. The summed E-state index contributed by atoms with van der Waals surface area (Å²) in [5.74, 6) is 0. The molecule has 0 aliphatic carbocycles. The van der Waals surface area contributed by atoms with E-state index in [1.807, 2.05) is 0 Å². The van der Waals surface area contributed by atoms with Crippen molar-refractivity contribution in [3.63, 3.8) is 0 Å². The number of hydrogen-bond donors (Lipinski definition) is 0. The number of amides is 2. The van der Waals surface area contributed by atoms with E-state index in [1.54, 1.807) is 34.1 Å². The third-order valence-corrected chi connectivity index (χ3v) is 4.82. The van der Waals surface area contributed by atoms with Gasteiger partial charge >= 0.3 is 6.03 Å². The van der Waals surface area contributed by atoms with Crippen LogP contribution in [0.4, 0.5) is 16.2 Å². The van der Waals surface area contributed by atoms with E-state index >= 15 is 0 Å². The summed E-state index contributed by atoms with van der Waals surface area (Å²) in [7, 11) is 0. The van der Waals surface area contributed by atoms with Gasteiger partial charge in [0.15, 0.2) is 0 Å². The van der Waals surface area contributed by atoms with Crippen molar-refractivity contribution in [1.82, 2.24) is 9.80 Å². The number of non-ortho nitro benzene ring substituents is 2. The van der Waals surface area contributed by atoms with Crippen molar-refractivity contribution in [2.24, 2.45) is 0 Å². The number of hydrogen-bond acceptors (Lipinski definition) is 5. The van der Waals surface area contributed by atoms with Crippen molar-refractivity contribution >= 4 is 17.4 Å². The van der Waals surface area contributed by atoms with E-state index in [-0.39, 0.29) is 17.4 Å². The summed E-state index contributed by atoms with van der Waals surface area (Å²) < 4.78 is 0. The highest BCUT2D eigenvalue weighted by molar-refractivity contribution is 5.76. The fourth-order valence-corrected chi connectivity index (χ4v) is 3.14. The lowest BCUT2D eigenvalue weighted by atomic mass is 10.1. The summed E-state index contributed by atoms with van der Waals surface area (Å²) in [6, 6.07) is 12.7. The van der Waals surface area contributed by atoms with Gasteiger partial charge in [-0.1, -0.05) is 24.3 Å². The van der Waals surface area contributed by atoms with Crippen molar-refractivity contribution in [1.29, 1.82) is 0 Å². The number of nitrogens with zero attached hydrogens (tertiary/aromatic N) is 4. The minimum Gasteiger partial charge on any atom is -0.323 e. The van der Waals surface area contributed by atoms with Crippen molar-refractivity contribution in [3.05, 3.63) is 79.9 Å². The average molecular weight is 384 g/mol. The fraction of sp³-hybridized carbons (Fsp3) is 0.316. The summed E-state index contributed by atoms with van der Waals surface area (Å²) >= 11 is 0. The fourth-order valence-electron chi connectivity index (χ4n) is 3.14. The van der Waals surface area contributed by atoms with E-state index in [0.29, 0.717) is 39.0 Å². The molecule has 0 N–H and O–H groups in total. The lowest BCUT2D eigenvalue weighted by Crippen LogP contribution is -2.34. The zero-order valence-electron chi connectivity index (χ0n) is 15.2. The van der Waals surface area contributed by atoms with Gasteiger partial charge in [-0.3, -0.25) is 20.2 Å². The second kappa shape index (κ2) is 8.47. The third kappa shape index (κ3) is 4.61. The van der Waals surface area contributed by atoms with Gasteiger partial charge < -0.3 is 9.80 Å². The van der Waals surface area contributed by atoms with Crippen LogP contribution in [0.15, 0.2) is 48.5 Å². The van der Waals surface area contributed by atoms with Gasteiger partial charge in [-0.05, 0) is 24.0 Å². The van der Waals surface area contributed by atoms with E-state index in [0.717, 1.165) is 11.1 Å². The Morgan fingerprint density at radius 2 is 1.07 bits per heavy atom. The molecule has 3 rings (SSSR count). The molecule has 2 aromatic carbocycles. The summed E-state index contributed by atoms with van der Waals surface area (Å²) in [6.45, 7) is 2.41. The topological polar surface area (TPSA) is 110 Å². The number of rotatable bonds is 8. The van der Waals surface area contributed by atoms with Crippen LogP contribution in [0.1, 0.15) is 11.1 Å². The number of carbonyl (C=O) groups is 1. The van der Waals surface area contributed by atoms with Gasteiger partial charge in [0, 0.05) is 50.4 Å². The minimum absolute atomic E-state index is 0.0242. The molecule has 1 saturated heterocycles. The van der Waals surface area contributed by atoms with Crippen molar-refractivity contribution in [2.45, 2.75) is 12.8 Å². The van der Waals surface area contributed by atoms with Crippen LogP contribution in [0.2, 0.25) is 0 Å². The Hall–Kier alpha value is -3.49. The second-order valence-electron chi connectivity index (χ2n) is 6.60. The molecule has 0 saturated carbocycles. The predicted molar refractivity (Wildman–Crippen MR) is 102 cm³/mol. The van der Waals surface area contributed by atoms with Crippen molar-refractivity contribution in [3.8, 4) is 0 Å². The number of urea groups is 1. The van der Waals surface area contributed by atoms with E-state index in [1.165, 1.54) is 24.3 Å². The highest BCUT2D eigenvalue weighted by Gasteiger charge is 2.27. The number of carbonyl (C=O) groups excluding carboxylic acids is 1. The molecule has 0 unspecified atom stereocenters. The first-order chi connectivity index (χ1) is 13.4. The molecule has 9 heteroatoms. The average Bonchev–Trinajstić information content (AvgIpc) is 3.05. The molecule has 1 heterocycles. The van der Waals surface area contributed by atoms with Crippen LogP contribution in [-0.4, -0.2) is 51.9 Å². The van der Waals surface area contributed by atoms with Crippen LogP contribution in [0, 0.1) is 20.2 Å². The van der Waals surface area contributed by atoms with E-state index in [2.05, 4.69) is 0 Å². The van der Waals surface area contributed by atoms with Gasteiger partial charge in [0.2, 0.25) is 0 Å². The lowest BCUT2D eigenvalue weighted by molar-refractivity contribution is -0.385. The Kier molecular flexibility index (Phi) is 5.83. The molecule has 0 spiro atoms. The molecule has 0 atom stereocenters. The molecule has 146 valence electrons. The van der Waals surface area contributed by atoms with Crippen LogP contribution in [0.25, 0.3) is 0 Å². The normalized spacial score (nSPS) is 13.8. The SMILES string of the molecule is O=C1N(CCc2ccc([N+](=O)[O-])cc2)CCN1CCc1ccc([N+](=O)[O-])cc1. The highest BCUT2D eigenvalue weighted by atomic mass is 16.6. The standard InChI is InChI=1S/C19H20N4O5/c24-19-20(11-9-15-1-5-17(6-2-15)22(25)26)13-14-21(19)12-10-16-3-7-18(8-4-16)23(27)28/h1-8H,9-14H2. The van der Waals surface area contributed by atoms with Gasteiger partial charge in [0.05, 0.1) is 9.85 Å². The molecule has 1 aliphatic heterocycles. The zero-order chi connectivity index (χ0) is 20.1. The molecule has 1 aliphatic rings. The lowest BCUT2D eigenvalue weighted by Gasteiger charge is -2.18. The summed E-state index contributed by atoms with van der Waals surface area (Å²) in [5.41, 5.74) is 2.00. The zero-order valence-corrected chi connectivity index (χ0v) is 15.2. The molecule has 0 bridgehead atoms. The van der Waals surface area contributed by atoms with Gasteiger partial charge in [0.1, 0.15) is 0 Å². The first-order valence-corrected chi connectivity index (χ1v) is 8.94. The Morgan fingerprint density at radius 3 is 1.39 bits per heavy atom. The van der Waals surface area contributed by atoms with Gasteiger partial charge in [-0.25, -0.2) is 4.79 Å². The number of nitro benzene ring substituents is 2. The highest BCUT2D eigenvalue weighted by Crippen LogP contribution is 2.16. The molecule has 2 amide bonds. The molecule has 0 aromatic heterocycles. The first kappa shape index (κ1) is 19.3. The molecule has 9 nitrogen and oxygen atoms in total. The quantitative estimate of drug-likeness (QED) is 0.513. The van der Waals surface area contributed by atoms with Crippen LogP contribution in [0.5, 0.6) is 0 Å². The Balaban J connectivity index is 1.47. The van der Waals surface area contributed by atoms with Crippen molar-refractivity contribution < 1.29 is 14.6 Å². The van der Waals surface area contributed by atoms with Gasteiger partial charge in [-0.15, -0.1) is 0 Å². The van der Waals surface area contributed by atoms with Crippen molar-refractivity contribution in [2.75, 3.05) is 26.2 Å². The van der Waals surface area contributed by atoms with E-state index in [4.69, 9.17) is 0 Å². The molecular weight excluding hydrogens is 364 g/mol. The van der Waals surface area contributed by atoms with Crippen LogP contribution < -0.4 is 0 Å². The summed E-state index contributed by atoms with van der Waals surface area (Å²) in [4.78, 5) is 36.6. The molecular formula is C19H20N4O5. The Morgan fingerprint density at radius 1 is 0.714 bits per heavy atom. The maximum absolute atomic E-state index is 12.5. The van der Waals surface area contributed by atoms with Gasteiger partial charge in [-0.2, -0.15) is 0 Å². The molecule has 0 radical (unpaired) electrons. The predicted octanol–water partition coefficient (Wildman–Crippen LogP) is 3.03.